The molecule has 0 aliphatic rings. The fourth-order valence-electron chi connectivity index (χ4n) is 1.73. The Balaban J connectivity index is 2.45. The molecule has 20 heavy (non-hydrogen) atoms. The molecule has 6 heteroatoms. The van der Waals surface area contributed by atoms with Crippen molar-refractivity contribution in [2.24, 2.45) is 0 Å². The van der Waals surface area contributed by atoms with Crippen molar-refractivity contribution >= 4 is 21.9 Å². The van der Waals surface area contributed by atoms with Crippen LogP contribution in [0.3, 0.4) is 0 Å². The first kappa shape index (κ1) is 14.7. The van der Waals surface area contributed by atoms with Crippen LogP contribution in [0.15, 0.2) is 27.1 Å². The fraction of sp³-hybridized carbons (Fsp3) is 0.286. The minimum atomic E-state index is -0.540. The minimum Gasteiger partial charge on any atom is -0.460 e. The van der Waals surface area contributed by atoms with E-state index in [-0.39, 0.29) is 24.1 Å². The van der Waals surface area contributed by atoms with Crippen LogP contribution in [0.4, 0.5) is 4.39 Å². The molecule has 1 heterocycles. The van der Waals surface area contributed by atoms with E-state index in [2.05, 4.69) is 20.9 Å². The molecule has 0 unspecified atom stereocenters. The third kappa shape index (κ3) is 2.90. The van der Waals surface area contributed by atoms with Gasteiger partial charge in [-0.15, -0.1) is 0 Å². The normalized spacial score (nSPS) is 10.6. The molecule has 0 bridgehead atoms. The molecule has 0 spiro atoms. The topological polar surface area (TPSA) is 52.3 Å². The van der Waals surface area contributed by atoms with E-state index < -0.39 is 5.97 Å². The first-order chi connectivity index (χ1) is 9.56. The lowest BCUT2D eigenvalue weighted by atomic mass is 10.2. The summed E-state index contributed by atoms with van der Waals surface area (Å²) in [4.78, 5) is 16.1. The average Bonchev–Trinajstić information content (AvgIpc) is 2.83. The van der Waals surface area contributed by atoms with Gasteiger partial charge in [-0.2, -0.15) is 0 Å². The van der Waals surface area contributed by atoms with Crippen molar-refractivity contribution in [3.05, 3.63) is 39.9 Å². The minimum absolute atomic E-state index is 0.0978. The number of carbonyl (C=O) groups excluding carboxylic acids is 1. The maximum atomic E-state index is 13.1. The largest absolute Gasteiger partial charge is 0.460 e. The predicted octanol–water partition coefficient (Wildman–Crippen LogP) is 3.98. The molecule has 1 aromatic heterocycles. The quantitative estimate of drug-likeness (QED) is 0.789. The zero-order valence-electron chi connectivity index (χ0n) is 11.1. The van der Waals surface area contributed by atoms with Crippen molar-refractivity contribution in [1.29, 1.82) is 0 Å². The van der Waals surface area contributed by atoms with Gasteiger partial charge in [-0.05, 0) is 47.5 Å². The van der Waals surface area contributed by atoms with Crippen molar-refractivity contribution in [2.75, 3.05) is 6.61 Å². The zero-order valence-corrected chi connectivity index (χ0v) is 12.7. The Morgan fingerprint density at radius 3 is 2.80 bits per heavy atom. The number of oxazole rings is 1. The lowest BCUT2D eigenvalue weighted by Gasteiger charge is -2.00. The second kappa shape index (κ2) is 6.17. The van der Waals surface area contributed by atoms with E-state index in [1.165, 1.54) is 12.1 Å². The van der Waals surface area contributed by atoms with Crippen LogP contribution in [0.25, 0.3) is 11.5 Å². The van der Waals surface area contributed by atoms with Crippen LogP contribution >= 0.6 is 15.9 Å². The molecule has 4 nitrogen and oxygen atoms in total. The number of rotatable bonds is 4. The number of carbonyl (C=O) groups is 1. The van der Waals surface area contributed by atoms with E-state index in [1.807, 2.05) is 6.92 Å². The molecule has 106 valence electrons. The summed E-state index contributed by atoms with van der Waals surface area (Å²) in [5, 5.41) is 0. The SMILES string of the molecule is CCOC(=O)c1oc(-c2ccc(F)cc2Br)nc1CC. The van der Waals surface area contributed by atoms with Crippen molar-refractivity contribution in [3.8, 4) is 11.5 Å². The van der Waals surface area contributed by atoms with Crippen LogP contribution in [0.5, 0.6) is 0 Å². The van der Waals surface area contributed by atoms with Gasteiger partial charge in [0.05, 0.1) is 17.9 Å². The molecule has 0 fully saturated rings. The maximum Gasteiger partial charge on any atom is 0.376 e. The van der Waals surface area contributed by atoms with Gasteiger partial charge in [0, 0.05) is 4.47 Å². The van der Waals surface area contributed by atoms with Gasteiger partial charge in [0.15, 0.2) is 0 Å². The highest BCUT2D eigenvalue weighted by atomic mass is 79.9. The third-order valence-corrected chi connectivity index (χ3v) is 3.31. The van der Waals surface area contributed by atoms with Crippen LogP contribution in [0.2, 0.25) is 0 Å². The highest BCUT2D eigenvalue weighted by molar-refractivity contribution is 9.10. The van der Waals surface area contributed by atoms with Gasteiger partial charge in [0.25, 0.3) is 0 Å². The van der Waals surface area contributed by atoms with Gasteiger partial charge in [-0.3, -0.25) is 0 Å². The second-order valence-corrected chi connectivity index (χ2v) is 4.85. The Morgan fingerprint density at radius 1 is 1.45 bits per heavy atom. The Bertz CT molecular complexity index is 639. The molecule has 2 aromatic rings. The van der Waals surface area contributed by atoms with Gasteiger partial charge >= 0.3 is 5.97 Å². The molecule has 2 rings (SSSR count). The number of aryl methyl sites for hydroxylation is 1. The standard InChI is InChI=1S/C14H13BrFNO3/c1-3-11-12(14(18)19-4-2)20-13(17-11)9-6-5-8(16)7-10(9)15/h5-7H,3-4H2,1-2H3. The number of benzene rings is 1. The summed E-state index contributed by atoms with van der Waals surface area (Å²) < 4.78 is 24.0. The third-order valence-electron chi connectivity index (χ3n) is 2.65. The molecule has 0 N–H and O–H groups in total. The Labute approximate surface area is 124 Å². The number of nitrogens with zero attached hydrogens (tertiary/aromatic N) is 1. The van der Waals surface area contributed by atoms with Gasteiger partial charge in [-0.25, -0.2) is 14.2 Å². The molecule has 0 aliphatic carbocycles. The van der Waals surface area contributed by atoms with Crippen molar-refractivity contribution in [2.45, 2.75) is 20.3 Å². The first-order valence-electron chi connectivity index (χ1n) is 6.19. The highest BCUT2D eigenvalue weighted by Crippen LogP contribution is 2.30. The summed E-state index contributed by atoms with van der Waals surface area (Å²) in [6.07, 6.45) is 0.538. The Kier molecular flexibility index (Phi) is 4.54. The number of aromatic nitrogens is 1. The van der Waals surface area contributed by atoms with Crippen molar-refractivity contribution in [1.82, 2.24) is 4.98 Å². The van der Waals surface area contributed by atoms with E-state index in [1.54, 1.807) is 13.0 Å². The molecule has 0 atom stereocenters. The summed E-state index contributed by atoms with van der Waals surface area (Å²) in [6.45, 7) is 3.85. The maximum absolute atomic E-state index is 13.1. The second-order valence-electron chi connectivity index (χ2n) is 3.99. The number of hydrogen-bond donors (Lipinski definition) is 0. The number of halogens is 2. The fourth-order valence-corrected chi connectivity index (χ4v) is 2.25. The molecular formula is C14H13BrFNO3. The molecule has 0 saturated heterocycles. The smallest absolute Gasteiger partial charge is 0.376 e. The lowest BCUT2D eigenvalue weighted by Crippen LogP contribution is -2.05. The zero-order chi connectivity index (χ0) is 14.7. The number of hydrogen-bond acceptors (Lipinski definition) is 4. The van der Waals surface area contributed by atoms with Crippen molar-refractivity contribution < 1.29 is 18.3 Å². The monoisotopic (exact) mass is 341 g/mol. The van der Waals surface area contributed by atoms with Gasteiger partial charge in [0.2, 0.25) is 11.7 Å². The molecule has 0 aliphatic heterocycles. The molecule has 1 aromatic carbocycles. The summed E-state index contributed by atoms with van der Waals surface area (Å²) in [5.74, 6) is -0.549. The Hall–Kier alpha value is -1.69. The molecule has 0 saturated carbocycles. The van der Waals surface area contributed by atoms with Crippen LogP contribution in [-0.2, 0) is 11.2 Å². The van der Waals surface area contributed by atoms with Gasteiger partial charge in [0.1, 0.15) is 5.82 Å². The summed E-state index contributed by atoms with van der Waals surface area (Å²) in [5.41, 5.74) is 1.10. The average molecular weight is 342 g/mol. The van der Waals surface area contributed by atoms with Crippen molar-refractivity contribution in [3.63, 3.8) is 0 Å². The lowest BCUT2D eigenvalue weighted by molar-refractivity contribution is 0.0489. The summed E-state index contributed by atoms with van der Waals surface area (Å²) >= 11 is 3.25. The van der Waals surface area contributed by atoms with Crippen LogP contribution < -0.4 is 0 Å². The van der Waals surface area contributed by atoms with Crippen LogP contribution in [0.1, 0.15) is 30.1 Å². The van der Waals surface area contributed by atoms with E-state index in [9.17, 15) is 9.18 Å². The summed E-state index contributed by atoms with van der Waals surface area (Å²) in [7, 11) is 0. The highest BCUT2D eigenvalue weighted by Gasteiger charge is 2.22. The van der Waals surface area contributed by atoms with E-state index in [4.69, 9.17) is 9.15 Å². The van der Waals surface area contributed by atoms with Crippen LogP contribution in [0, 0.1) is 5.82 Å². The van der Waals surface area contributed by atoms with Gasteiger partial charge < -0.3 is 9.15 Å². The first-order valence-corrected chi connectivity index (χ1v) is 6.98. The molecule has 0 radical (unpaired) electrons. The van der Waals surface area contributed by atoms with E-state index in [0.29, 0.717) is 22.2 Å². The van der Waals surface area contributed by atoms with Gasteiger partial charge in [-0.1, -0.05) is 6.92 Å². The van der Waals surface area contributed by atoms with Crippen LogP contribution in [-0.4, -0.2) is 17.6 Å². The van der Waals surface area contributed by atoms with E-state index >= 15 is 0 Å². The predicted molar refractivity (Wildman–Crippen MR) is 74.9 cm³/mol. The van der Waals surface area contributed by atoms with E-state index in [0.717, 1.165) is 0 Å². The molecule has 0 amide bonds. The number of esters is 1. The summed E-state index contributed by atoms with van der Waals surface area (Å²) in [6, 6.07) is 4.16. The Morgan fingerprint density at radius 2 is 2.20 bits per heavy atom. The number of ether oxygens (including phenoxy) is 1. The molecular weight excluding hydrogens is 329 g/mol.